The van der Waals surface area contributed by atoms with Crippen LogP contribution in [-0.4, -0.2) is 18.7 Å². The summed E-state index contributed by atoms with van der Waals surface area (Å²) in [7, 11) is 0. The van der Waals surface area contributed by atoms with Gasteiger partial charge in [-0.15, -0.1) is 0 Å². The van der Waals surface area contributed by atoms with Gasteiger partial charge in [0.05, 0.1) is 18.2 Å². The molecule has 4 saturated carbocycles. The number of carbonyl (C=O) groups excluding carboxylic acids is 1. The summed E-state index contributed by atoms with van der Waals surface area (Å²) in [5, 5.41) is 4.36. The van der Waals surface area contributed by atoms with Crippen LogP contribution in [0.25, 0.3) is 0 Å². The molecule has 1 amide bonds. The second kappa shape index (κ2) is 9.20. The summed E-state index contributed by atoms with van der Waals surface area (Å²) >= 11 is 0. The molecule has 4 fully saturated rings. The number of rotatable bonds is 8. The van der Waals surface area contributed by atoms with Crippen molar-refractivity contribution in [2.45, 2.75) is 71.1 Å². The van der Waals surface area contributed by atoms with Gasteiger partial charge < -0.3 is 4.74 Å². The summed E-state index contributed by atoms with van der Waals surface area (Å²) in [5.41, 5.74) is 6.49. The Balaban J connectivity index is 1.24. The maximum Gasteiger partial charge on any atom is 0.246 e. The summed E-state index contributed by atoms with van der Waals surface area (Å²) in [6.07, 6.45) is 9.53. The van der Waals surface area contributed by atoms with Crippen molar-refractivity contribution in [1.29, 1.82) is 0 Å². The molecule has 4 bridgehead atoms. The Bertz CT molecular complexity index is 1020. The number of carbonyl (C=O) groups is 1. The minimum atomic E-state index is -0.277. The molecule has 0 aromatic heterocycles. The molecule has 1 N–H and O–H groups in total. The smallest absolute Gasteiger partial charge is 0.246 e. The third-order valence-corrected chi connectivity index (χ3v) is 8.43. The second-order valence-corrected chi connectivity index (χ2v) is 11.7. The van der Waals surface area contributed by atoms with Crippen molar-refractivity contribution >= 4 is 12.1 Å². The molecule has 4 aliphatic carbocycles. The lowest BCUT2D eigenvalue weighted by molar-refractivity contribution is -0.149. The fourth-order valence-electron chi connectivity index (χ4n) is 7.12. The van der Waals surface area contributed by atoms with E-state index in [1.807, 2.05) is 24.3 Å². The molecular formula is C30H38N2O2. The standard InChI is InChI=1S/C30H38N2O2/c1-21(2)12-13-34-27-10-6-23(7-11-27)19-31-32-28(33)30-17-24-14-25(18-30)16-29(15-24,20-30)26-8-4-22(3)5-9-26/h4-11,19,21,24-25H,12-18,20H2,1-3H3,(H,32,33). The van der Waals surface area contributed by atoms with E-state index in [9.17, 15) is 4.79 Å². The highest BCUT2D eigenvalue weighted by atomic mass is 16.5. The first-order valence-corrected chi connectivity index (χ1v) is 13.0. The van der Waals surface area contributed by atoms with Crippen molar-refractivity contribution in [3.05, 3.63) is 65.2 Å². The molecule has 180 valence electrons. The maximum absolute atomic E-state index is 13.5. The Morgan fingerprint density at radius 2 is 1.74 bits per heavy atom. The number of benzene rings is 2. The zero-order valence-electron chi connectivity index (χ0n) is 20.8. The van der Waals surface area contributed by atoms with Crippen LogP contribution < -0.4 is 10.2 Å². The molecule has 0 radical (unpaired) electrons. The number of hydrogen-bond donors (Lipinski definition) is 1. The van der Waals surface area contributed by atoms with Crippen LogP contribution in [0.2, 0.25) is 0 Å². The number of ether oxygens (including phenoxy) is 1. The van der Waals surface area contributed by atoms with Gasteiger partial charge in [0.15, 0.2) is 0 Å². The lowest BCUT2D eigenvalue weighted by atomic mass is 9.42. The SMILES string of the molecule is Cc1ccc(C23CC4CC(CC(C(=O)NN=Cc5ccc(OCCC(C)C)cc5)(C4)C2)C3)cc1. The fraction of sp³-hybridized carbons (Fsp3) is 0.533. The number of hydrazone groups is 1. The molecule has 0 aliphatic heterocycles. The van der Waals surface area contributed by atoms with Crippen LogP contribution in [0.3, 0.4) is 0 Å². The van der Waals surface area contributed by atoms with Crippen LogP contribution >= 0.6 is 0 Å². The first-order chi connectivity index (χ1) is 16.4. The number of amides is 1. The number of hydrogen-bond acceptors (Lipinski definition) is 3. The van der Waals surface area contributed by atoms with E-state index in [1.165, 1.54) is 30.4 Å². The van der Waals surface area contributed by atoms with Gasteiger partial charge in [0.1, 0.15) is 5.75 Å². The van der Waals surface area contributed by atoms with Crippen molar-refractivity contribution in [3.8, 4) is 5.75 Å². The molecular weight excluding hydrogens is 420 g/mol. The van der Waals surface area contributed by atoms with Crippen molar-refractivity contribution in [2.24, 2.45) is 28.3 Å². The Kier molecular flexibility index (Phi) is 6.26. The maximum atomic E-state index is 13.5. The molecule has 4 heteroatoms. The molecule has 6 rings (SSSR count). The minimum Gasteiger partial charge on any atom is -0.494 e. The summed E-state index contributed by atoms with van der Waals surface area (Å²) in [4.78, 5) is 13.5. The van der Waals surface area contributed by atoms with Crippen LogP contribution in [0.5, 0.6) is 5.75 Å². The quantitative estimate of drug-likeness (QED) is 0.367. The lowest BCUT2D eigenvalue weighted by Crippen LogP contribution is -2.58. The van der Waals surface area contributed by atoms with Crippen LogP contribution in [0.4, 0.5) is 0 Å². The van der Waals surface area contributed by atoms with Gasteiger partial charge in [-0.1, -0.05) is 43.7 Å². The number of aryl methyl sites for hydroxylation is 1. The minimum absolute atomic E-state index is 0.114. The Morgan fingerprint density at radius 1 is 1.06 bits per heavy atom. The van der Waals surface area contributed by atoms with E-state index >= 15 is 0 Å². The predicted molar refractivity (Wildman–Crippen MR) is 137 cm³/mol. The van der Waals surface area contributed by atoms with Crippen LogP contribution in [0, 0.1) is 30.1 Å². The topological polar surface area (TPSA) is 50.7 Å². The number of nitrogens with zero attached hydrogens (tertiary/aromatic N) is 1. The van der Waals surface area contributed by atoms with Crippen LogP contribution in [0.15, 0.2) is 53.6 Å². The second-order valence-electron chi connectivity index (χ2n) is 11.7. The van der Waals surface area contributed by atoms with E-state index in [2.05, 4.69) is 55.6 Å². The van der Waals surface area contributed by atoms with Crippen LogP contribution in [0.1, 0.15) is 75.5 Å². The summed E-state index contributed by atoms with van der Waals surface area (Å²) in [5.74, 6) is 2.93. The Hall–Kier alpha value is -2.62. The lowest BCUT2D eigenvalue weighted by Gasteiger charge is -2.61. The molecule has 2 atom stereocenters. The summed E-state index contributed by atoms with van der Waals surface area (Å²) < 4.78 is 5.79. The van der Waals surface area contributed by atoms with E-state index in [4.69, 9.17) is 4.74 Å². The molecule has 0 heterocycles. The summed E-state index contributed by atoms with van der Waals surface area (Å²) in [6, 6.07) is 17.0. The van der Waals surface area contributed by atoms with E-state index in [0.717, 1.165) is 43.6 Å². The van der Waals surface area contributed by atoms with Gasteiger partial charge in [-0.05, 0) is 110 Å². The first kappa shape index (κ1) is 23.1. The van der Waals surface area contributed by atoms with Crippen molar-refractivity contribution in [2.75, 3.05) is 6.61 Å². The molecule has 0 saturated heterocycles. The summed E-state index contributed by atoms with van der Waals surface area (Å²) in [6.45, 7) is 7.27. The number of nitrogens with one attached hydrogen (secondary N) is 1. The van der Waals surface area contributed by atoms with Gasteiger partial charge >= 0.3 is 0 Å². The van der Waals surface area contributed by atoms with E-state index < -0.39 is 0 Å². The highest BCUT2D eigenvalue weighted by molar-refractivity contribution is 5.86. The van der Waals surface area contributed by atoms with Gasteiger partial charge in [-0.2, -0.15) is 5.10 Å². The Morgan fingerprint density at radius 3 is 2.38 bits per heavy atom. The van der Waals surface area contributed by atoms with E-state index in [0.29, 0.717) is 17.8 Å². The van der Waals surface area contributed by atoms with Gasteiger partial charge in [0.25, 0.3) is 0 Å². The van der Waals surface area contributed by atoms with Gasteiger partial charge in [-0.25, -0.2) is 5.43 Å². The highest BCUT2D eigenvalue weighted by Gasteiger charge is 2.60. The predicted octanol–water partition coefficient (Wildman–Crippen LogP) is 6.41. The zero-order valence-corrected chi connectivity index (χ0v) is 20.8. The molecule has 2 aromatic carbocycles. The molecule has 0 spiro atoms. The van der Waals surface area contributed by atoms with Gasteiger partial charge in [0, 0.05) is 0 Å². The first-order valence-electron chi connectivity index (χ1n) is 13.0. The van der Waals surface area contributed by atoms with E-state index in [-0.39, 0.29) is 16.7 Å². The average molecular weight is 459 g/mol. The van der Waals surface area contributed by atoms with Crippen molar-refractivity contribution in [3.63, 3.8) is 0 Å². The molecule has 2 unspecified atom stereocenters. The third kappa shape index (κ3) is 4.64. The largest absolute Gasteiger partial charge is 0.494 e. The highest BCUT2D eigenvalue weighted by Crippen LogP contribution is 2.65. The average Bonchev–Trinajstić information content (AvgIpc) is 2.79. The van der Waals surface area contributed by atoms with Crippen molar-refractivity contribution < 1.29 is 9.53 Å². The monoisotopic (exact) mass is 458 g/mol. The molecule has 34 heavy (non-hydrogen) atoms. The van der Waals surface area contributed by atoms with Gasteiger partial charge in [-0.3, -0.25) is 4.79 Å². The molecule has 2 aromatic rings. The Labute approximate surface area is 204 Å². The fourth-order valence-corrected chi connectivity index (χ4v) is 7.12. The molecule has 4 aliphatic rings. The molecule has 4 nitrogen and oxygen atoms in total. The normalized spacial score (nSPS) is 29.6. The zero-order chi connectivity index (χ0) is 23.8. The van der Waals surface area contributed by atoms with Gasteiger partial charge in [0.2, 0.25) is 5.91 Å². The third-order valence-electron chi connectivity index (χ3n) is 8.43. The van der Waals surface area contributed by atoms with Crippen LogP contribution in [-0.2, 0) is 10.2 Å². The van der Waals surface area contributed by atoms with E-state index in [1.54, 1.807) is 6.21 Å². The van der Waals surface area contributed by atoms with Crippen molar-refractivity contribution in [1.82, 2.24) is 5.43 Å².